The molecule has 0 radical (unpaired) electrons. The Labute approximate surface area is 94.8 Å². The van der Waals surface area contributed by atoms with Gasteiger partial charge in [0.1, 0.15) is 10.7 Å². The van der Waals surface area contributed by atoms with Crippen LogP contribution in [0.25, 0.3) is 0 Å². The van der Waals surface area contributed by atoms with E-state index >= 15 is 0 Å². The number of rotatable bonds is 3. The number of methoxy groups -OCH3 is 1. The lowest BCUT2D eigenvalue weighted by molar-refractivity contribution is -0.156. The van der Waals surface area contributed by atoms with Crippen LogP contribution in [0.2, 0.25) is 0 Å². The molecule has 0 aliphatic heterocycles. The summed E-state index contributed by atoms with van der Waals surface area (Å²) in [5.74, 6) is -0.879. The largest absolute Gasteiger partial charge is 0.467 e. The molecule has 15 heavy (non-hydrogen) atoms. The molecule has 0 saturated heterocycles. The van der Waals surface area contributed by atoms with E-state index in [1.165, 1.54) is 18.3 Å². The van der Waals surface area contributed by atoms with Gasteiger partial charge < -0.3 is 14.9 Å². The van der Waals surface area contributed by atoms with Crippen molar-refractivity contribution in [2.45, 2.75) is 12.2 Å². The summed E-state index contributed by atoms with van der Waals surface area (Å²) >= 11 is 3.11. The van der Waals surface area contributed by atoms with Gasteiger partial charge in [0, 0.05) is 6.20 Å². The molecule has 6 heteroatoms. The van der Waals surface area contributed by atoms with Crippen LogP contribution in [0.1, 0.15) is 11.7 Å². The average Bonchev–Trinajstić information content (AvgIpc) is 2.26. The maximum Gasteiger partial charge on any atom is 0.337 e. The number of esters is 1. The maximum atomic E-state index is 11.0. The summed E-state index contributed by atoms with van der Waals surface area (Å²) in [7, 11) is 1.14. The molecule has 1 rings (SSSR count). The first-order chi connectivity index (χ1) is 7.06. The van der Waals surface area contributed by atoms with Crippen molar-refractivity contribution in [1.29, 1.82) is 0 Å². The second-order valence-corrected chi connectivity index (χ2v) is 3.64. The molecule has 2 N–H and O–H groups in total. The quantitative estimate of drug-likeness (QED) is 0.617. The number of aliphatic hydroxyl groups excluding tert-OH is 2. The van der Waals surface area contributed by atoms with E-state index < -0.39 is 18.2 Å². The number of carbonyl (C=O) groups excluding carboxylic acids is 1. The molecule has 1 aromatic heterocycles. The average molecular weight is 276 g/mol. The number of pyridine rings is 1. The van der Waals surface area contributed by atoms with E-state index in [2.05, 4.69) is 25.7 Å². The van der Waals surface area contributed by atoms with Crippen LogP contribution < -0.4 is 0 Å². The summed E-state index contributed by atoms with van der Waals surface area (Å²) in [6.07, 6.45) is -1.46. The summed E-state index contributed by atoms with van der Waals surface area (Å²) in [5.41, 5.74) is 0.384. The molecular weight excluding hydrogens is 266 g/mol. The zero-order chi connectivity index (χ0) is 11.4. The molecule has 0 aromatic carbocycles. The first kappa shape index (κ1) is 12.1. The number of aliphatic hydroxyl groups is 2. The van der Waals surface area contributed by atoms with Gasteiger partial charge in [-0.25, -0.2) is 9.78 Å². The molecule has 82 valence electrons. The SMILES string of the molecule is COC(=O)C(O)C(O)c1ccnc(Br)c1. The minimum absolute atomic E-state index is 0.384. The number of halogens is 1. The Kier molecular flexibility index (Phi) is 4.19. The van der Waals surface area contributed by atoms with Gasteiger partial charge in [0.05, 0.1) is 7.11 Å². The van der Waals surface area contributed by atoms with Gasteiger partial charge in [0.25, 0.3) is 0 Å². The minimum atomic E-state index is -1.59. The van der Waals surface area contributed by atoms with Crippen molar-refractivity contribution in [1.82, 2.24) is 4.98 Å². The van der Waals surface area contributed by atoms with Crippen molar-refractivity contribution in [2.24, 2.45) is 0 Å². The highest BCUT2D eigenvalue weighted by atomic mass is 79.9. The Morgan fingerprint density at radius 3 is 2.80 bits per heavy atom. The second-order valence-electron chi connectivity index (χ2n) is 2.82. The first-order valence-corrected chi connectivity index (χ1v) is 4.91. The molecule has 0 fully saturated rings. The number of aromatic nitrogens is 1. The van der Waals surface area contributed by atoms with Gasteiger partial charge in [-0.15, -0.1) is 0 Å². The maximum absolute atomic E-state index is 11.0. The lowest BCUT2D eigenvalue weighted by Gasteiger charge is -2.15. The van der Waals surface area contributed by atoms with Crippen molar-refractivity contribution < 1.29 is 19.7 Å². The smallest absolute Gasteiger partial charge is 0.337 e. The third-order valence-electron chi connectivity index (χ3n) is 1.83. The van der Waals surface area contributed by atoms with Gasteiger partial charge >= 0.3 is 5.97 Å². The van der Waals surface area contributed by atoms with Crippen LogP contribution in [-0.2, 0) is 9.53 Å². The number of ether oxygens (including phenoxy) is 1. The summed E-state index contributed by atoms with van der Waals surface area (Å²) in [6, 6.07) is 3.01. The fraction of sp³-hybridized carbons (Fsp3) is 0.333. The van der Waals surface area contributed by atoms with Crippen molar-refractivity contribution in [3.05, 3.63) is 28.5 Å². The summed E-state index contributed by atoms with van der Waals surface area (Å²) in [5, 5.41) is 19.0. The van der Waals surface area contributed by atoms with Gasteiger partial charge in [0.15, 0.2) is 6.10 Å². The Hall–Kier alpha value is -0.980. The standard InChI is InChI=1S/C9H10BrNO4/c1-15-9(14)8(13)7(12)5-2-3-11-6(10)4-5/h2-4,7-8,12-13H,1H3. The van der Waals surface area contributed by atoms with E-state index in [9.17, 15) is 15.0 Å². The van der Waals surface area contributed by atoms with Crippen LogP contribution in [0.15, 0.2) is 22.9 Å². The van der Waals surface area contributed by atoms with E-state index in [0.29, 0.717) is 10.2 Å². The third kappa shape index (κ3) is 2.98. The van der Waals surface area contributed by atoms with Crippen molar-refractivity contribution in [3.8, 4) is 0 Å². The summed E-state index contributed by atoms with van der Waals surface area (Å²) < 4.78 is 4.82. The molecule has 1 aromatic rings. The van der Waals surface area contributed by atoms with Crippen LogP contribution >= 0.6 is 15.9 Å². The topological polar surface area (TPSA) is 79.7 Å². The Bertz CT molecular complexity index is 358. The van der Waals surface area contributed by atoms with Gasteiger partial charge in [-0.3, -0.25) is 0 Å². The highest BCUT2D eigenvalue weighted by molar-refractivity contribution is 9.10. The van der Waals surface area contributed by atoms with Crippen molar-refractivity contribution in [3.63, 3.8) is 0 Å². The Morgan fingerprint density at radius 1 is 1.60 bits per heavy atom. The molecule has 0 amide bonds. The summed E-state index contributed by atoms with van der Waals surface area (Å²) in [4.78, 5) is 14.8. The predicted octanol–water partition coefficient (Wildman–Crippen LogP) is 0.411. The first-order valence-electron chi connectivity index (χ1n) is 4.11. The highest BCUT2D eigenvalue weighted by Gasteiger charge is 2.26. The fourth-order valence-electron chi connectivity index (χ4n) is 1.03. The van der Waals surface area contributed by atoms with E-state index in [1.54, 1.807) is 0 Å². The zero-order valence-electron chi connectivity index (χ0n) is 7.92. The minimum Gasteiger partial charge on any atom is -0.467 e. The molecule has 5 nitrogen and oxygen atoms in total. The monoisotopic (exact) mass is 275 g/mol. The molecule has 0 spiro atoms. The van der Waals surface area contributed by atoms with Crippen molar-refractivity contribution >= 4 is 21.9 Å². The molecule has 2 unspecified atom stereocenters. The predicted molar refractivity (Wildman–Crippen MR) is 54.9 cm³/mol. The van der Waals surface area contributed by atoms with Crippen LogP contribution in [0.3, 0.4) is 0 Å². The molecule has 0 aliphatic rings. The van der Waals surface area contributed by atoms with Crippen LogP contribution in [0.4, 0.5) is 0 Å². The number of hydrogen-bond acceptors (Lipinski definition) is 5. The van der Waals surface area contributed by atoms with Gasteiger partial charge in [-0.2, -0.15) is 0 Å². The normalized spacial score (nSPS) is 14.4. The lowest BCUT2D eigenvalue weighted by atomic mass is 10.1. The number of nitrogens with zero attached hydrogens (tertiary/aromatic N) is 1. The zero-order valence-corrected chi connectivity index (χ0v) is 9.51. The van der Waals surface area contributed by atoms with Gasteiger partial charge in [-0.1, -0.05) is 0 Å². The molecule has 0 saturated carbocycles. The van der Waals surface area contributed by atoms with Crippen LogP contribution in [-0.4, -0.2) is 34.4 Å². The Balaban J connectivity index is 2.84. The van der Waals surface area contributed by atoms with Crippen LogP contribution in [0, 0.1) is 0 Å². The Morgan fingerprint density at radius 2 is 2.27 bits per heavy atom. The van der Waals surface area contributed by atoms with E-state index in [-0.39, 0.29) is 0 Å². The molecule has 0 aliphatic carbocycles. The van der Waals surface area contributed by atoms with Crippen molar-refractivity contribution in [2.75, 3.05) is 7.11 Å². The van der Waals surface area contributed by atoms with E-state index in [4.69, 9.17) is 0 Å². The second kappa shape index (κ2) is 5.20. The lowest BCUT2D eigenvalue weighted by Crippen LogP contribution is -2.29. The number of carbonyl (C=O) groups is 1. The van der Waals surface area contributed by atoms with Crippen LogP contribution in [0.5, 0.6) is 0 Å². The summed E-state index contributed by atoms with van der Waals surface area (Å²) in [6.45, 7) is 0. The molecule has 2 atom stereocenters. The fourth-order valence-corrected chi connectivity index (χ4v) is 1.42. The molecule has 0 bridgehead atoms. The highest BCUT2D eigenvalue weighted by Crippen LogP contribution is 2.19. The van der Waals surface area contributed by atoms with E-state index in [1.807, 2.05) is 0 Å². The van der Waals surface area contributed by atoms with Gasteiger partial charge in [0.2, 0.25) is 0 Å². The number of hydrogen-bond donors (Lipinski definition) is 2. The molecular formula is C9H10BrNO4. The van der Waals surface area contributed by atoms with E-state index in [0.717, 1.165) is 7.11 Å². The third-order valence-corrected chi connectivity index (χ3v) is 2.27. The van der Waals surface area contributed by atoms with Gasteiger partial charge in [-0.05, 0) is 33.6 Å². The molecule has 1 heterocycles.